The van der Waals surface area contributed by atoms with E-state index in [9.17, 15) is 9.59 Å². The van der Waals surface area contributed by atoms with Gasteiger partial charge in [-0.2, -0.15) is 0 Å². The Morgan fingerprint density at radius 3 is 2.12 bits per heavy atom. The van der Waals surface area contributed by atoms with E-state index in [1.165, 1.54) is 7.11 Å². The minimum Gasteiger partial charge on any atom is -0.465 e. The van der Waals surface area contributed by atoms with Crippen molar-refractivity contribution in [2.75, 3.05) is 7.11 Å². The van der Waals surface area contributed by atoms with Gasteiger partial charge in [0.15, 0.2) is 0 Å². The number of carbonyl (C=O) groups is 2. The summed E-state index contributed by atoms with van der Waals surface area (Å²) in [5, 5.41) is 0. The Kier molecular flexibility index (Phi) is 6.07. The molecule has 0 spiro atoms. The van der Waals surface area contributed by atoms with Gasteiger partial charge in [-0.3, -0.25) is 4.98 Å². The molecule has 2 rings (SSSR count). The van der Waals surface area contributed by atoms with Crippen molar-refractivity contribution in [2.24, 2.45) is 5.92 Å². The number of esters is 2. The van der Waals surface area contributed by atoms with Gasteiger partial charge in [-0.05, 0) is 48.7 Å². The highest BCUT2D eigenvalue weighted by Gasteiger charge is 2.20. The summed E-state index contributed by atoms with van der Waals surface area (Å²) in [6.45, 7) is 4.13. The number of pyridine rings is 1. The average molecular weight is 327 g/mol. The molecule has 1 aromatic heterocycles. The first-order chi connectivity index (χ1) is 11.5. The van der Waals surface area contributed by atoms with Crippen LogP contribution in [0.15, 0.2) is 48.7 Å². The van der Waals surface area contributed by atoms with Gasteiger partial charge in [0.05, 0.1) is 23.9 Å². The van der Waals surface area contributed by atoms with E-state index in [4.69, 9.17) is 4.74 Å². The van der Waals surface area contributed by atoms with Gasteiger partial charge in [-0.1, -0.05) is 19.9 Å². The number of hydrogen-bond donors (Lipinski definition) is 0. The fourth-order valence-electron chi connectivity index (χ4n) is 2.28. The Morgan fingerprint density at radius 2 is 1.62 bits per heavy atom. The molecule has 0 fully saturated rings. The molecule has 24 heavy (non-hydrogen) atoms. The van der Waals surface area contributed by atoms with Crippen LogP contribution < -0.4 is 0 Å². The van der Waals surface area contributed by atoms with Crippen molar-refractivity contribution >= 4 is 11.9 Å². The first-order valence-electron chi connectivity index (χ1n) is 7.81. The number of rotatable bonds is 6. The highest BCUT2D eigenvalue weighted by molar-refractivity contribution is 5.93. The second-order valence-electron chi connectivity index (χ2n) is 5.85. The molecule has 1 atom stereocenters. The topological polar surface area (TPSA) is 65.5 Å². The van der Waals surface area contributed by atoms with E-state index in [0.717, 1.165) is 5.69 Å². The first-order valence-corrected chi connectivity index (χ1v) is 7.81. The van der Waals surface area contributed by atoms with Crippen molar-refractivity contribution in [2.45, 2.75) is 26.4 Å². The summed E-state index contributed by atoms with van der Waals surface area (Å²) in [4.78, 5) is 28.1. The van der Waals surface area contributed by atoms with E-state index in [-0.39, 0.29) is 0 Å². The predicted octanol–water partition coefficient (Wildman–Crippen LogP) is 3.81. The zero-order chi connectivity index (χ0) is 17.5. The molecule has 0 saturated carbocycles. The maximum Gasteiger partial charge on any atom is 0.338 e. The molecule has 0 aliphatic heterocycles. The lowest BCUT2D eigenvalue weighted by atomic mass is 10.0. The number of carbonyl (C=O) groups excluding carboxylic acids is 2. The number of hydrogen-bond acceptors (Lipinski definition) is 5. The molecule has 1 heterocycles. The fourth-order valence-corrected chi connectivity index (χ4v) is 2.28. The number of nitrogens with zero attached hydrogens (tertiary/aromatic N) is 1. The molecule has 2 aromatic rings. The number of benzene rings is 1. The van der Waals surface area contributed by atoms with Crippen molar-refractivity contribution in [1.82, 2.24) is 4.98 Å². The first kappa shape index (κ1) is 17.7. The van der Waals surface area contributed by atoms with E-state index in [1.54, 1.807) is 30.5 Å². The Morgan fingerprint density at radius 1 is 1.00 bits per heavy atom. The van der Waals surface area contributed by atoms with E-state index in [1.807, 2.05) is 18.2 Å². The maximum absolute atomic E-state index is 12.4. The largest absolute Gasteiger partial charge is 0.465 e. The number of ether oxygens (including phenoxy) is 2. The van der Waals surface area contributed by atoms with E-state index < -0.39 is 18.0 Å². The maximum atomic E-state index is 12.4. The van der Waals surface area contributed by atoms with Gasteiger partial charge in [0.2, 0.25) is 0 Å². The average Bonchev–Trinajstić information content (AvgIpc) is 2.61. The minimum absolute atomic E-state index is 0.353. The molecule has 5 nitrogen and oxygen atoms in total. The van der Waals surface area contributed by atoms with Crippen LogP contribution in [0.1, 0.15) is 52.8 Å². The molecule has 126 valence electrons. The second-order valence-corrected chi connectivity index (χ2v) is 5.85. The van der Waals surface area contributed by atoms with Gasteiger partial charge in [0.1, 0.15) is 6.10 Å². The number of methoxy groups -OCH3 is 1. The normalized spacial score (nSPS) is 11.8. The van der Waals surface area contributed by atoms with Gasteiger partial charge in [0, 0.05) is 6.20 Å². The summed E-state index contributed by atoms with van der Waals surface area (Å²) in [6, 6.07) is 11.7. The van der Waals surface area contributed by atoms with Gasteiger partial charge in [-0.15, -0.1) is 0 Å². The minimum atomic E-state index is -0.443. The monoisotopic (exact) mass is 327 g/mol. The summed E-state index contributed by atoms with van der Waals surface area (Å²) in [5.41, 5.74) is 1.50. The summed E-state index contributed by atoms with van der Waals surface area (Å²) < 4.78 is 10.3. The highest BCUT2D eigenvalue weighted by atomic mass is 16.5. The van der Waals surface area contributed by atoms with E-state index in [2.05, 4.69) is 23.6 Å². The van der Waals surface area contributed by atoms with Crippen LogP contribution in [-0.4, -0.2) is 24.0 Å². The van der Waals surface area contributed by atoms with Gasteiger partial charge >= 0.3 is 11.9 Å². The Bertz CT molecular complexity index is 680. The van der Waals surface area contributed by atoms with E-state index >= 15 is 0 Å². The molecule has 0 aliphatic rings. The summed E-state index contributed by atoms with van der Waals surface area (Å²) >= 11 is 0. The zero-order valence-electron chi connectivity index (χ0n) is 14.1. The van der Waals surface area contributed by atoms with Crippen molar-refractivity contribution in [1.29, 1.82) is 0 Å². The molecular weight excluding hydrogens is 306 g/mol. The molecule has 0 radical (unpaired) electrons. The molecule has 0 unspecified atom stereocenters. The Labute approximate surface area is 141 Å². The molecule has 0 N–H and O–H groups in total. The summed E-state index contributed by atoms with van der Waals surface area (Å²) in [7, 11) is 1.31. The molecule has 1 aromatic carbocycles. The van der Waals surface area contributed by atoms with Gasteiger partial charge < -0.3 is 9.47 Å². The summed E-state index contributed by atoms with van der Waals surface area (Å²) in [5.74, 6) is -0.532. The van der Waals surface area contributed by atoms with Crippen LogP contribution >= 0.6 is 0 Å². The lowest BCUT2D eigenvalue weighted by Crippen LogP contribution is -2.15. The standard InChI is InChI=1S/C19H21NO4/c1-13(2)12-17(16-6-4-5-11-20-16)24-19(22)15-9-7-14(8-10-15)18(21)23-3/h4-11,13,17H,12H2,1-3H3/t17-/m1/s1. The SMILES string of the molecule is COC(=O)c1ccc(C(=O)O[C@H](CC(C)C)c2ccccn2)cc1. The van der Waals surface area contributed by atoms with Crippen LogP contribution in [0.4, 0.5) is 0 Å². The molecule has 0 saturated heterocycles. The quantitative estimate of drug-likeness (QED) is 0.755. The van der Waals surface area contributed by atoms with Crippen LogP contribution in [-0.2, 0) is 9.47 Å². The Balaban J connectivity index is 2.14. The lowest BCUT2D eigenvalue weighted by molar-refractivity contribution is 0.0236. The third-order valence-electron chi connectivity index (χ3n) is 3.49. The second kappa shape index (κ2) is 8.24. The Hall–Kier alpha value is -2.69. The third kappa shape index (κ3) is 4.65. The van der Waals surface area contributed by atoms with Crippen LogP contribution in [0, 0.1) is 5.92 Å². The van der Waals surface area contributed by atoms with Crippen LogP contribution in [0.2, 0.25) is 0 Å². The van der Waals surface area contributed by atoms with Crippen LogP contribution in [0.5, 0.6) is 0 Å². The molecule has 0 amide bonds. The highest BCUT2D eigenvalue weighted by Crippen LogP contribution is 2.25. The van der Waals surface area contributed by atoms with E-state index in [0.29, 0.717) is 23.5 Å². The lowest BCUT2D eigenvalue weighted by Gasteiger charge is -2.19. The van der Waals surface area contributed by atoms with Gasteiger partial charge in [0.25, 0.3) is 0 Å². The third-order valence-corrected chi connectivity index (χ3v) is 3.49. The molecule has 0 bridgehead atoms. The van der Waals surface area contributed by atoms with Crippen molar-refractivity contribution in [3.8, 4) is 0 Å². The van der Waals surface area contributed by atoms with Crippen molar-refractivity contribution in [3.63, 3.8) is 0 Å². The van der Waals surface area contributed by atoms with Crippen molar-refractivity contribution in [3.05, 3.63) is 65.5 Å². The van der Waals surface area contributed by atoms with Crippen molar-refractivity contribution < 1.29 is 19.1 Å². The zero-order valence-corrected chi connectivity index (χ0v) is 14.1. The summed E-state index contributed by atoms with van der Waals surface area (Å²) in [6.07, 6.45) is 1.96. The predicted molar refractivity (Wildman–Crippen MR) is 89.6 cm³/mol. The smallest absolute Gasteiger partial charge is 0.338 e. The molecule has 5 heteroatoms. The van der Waals surface area contributed by atoms with Crippen LogP contribution in [0.3, 0.4) is 0 Å². The molecule has 0 aliphatic carbocycles. The molecular formula is C19H21NO4. The van der Waals surface area contributed by atoms with Gasteiger partial charge in [-0.25, -0.2) is 9.59 Å². The fraction of sp³-hybridized carbons (Fsp3) is 0.316. The van der Waals surface area contributed by atoms with Crippen LogP contribution in [0.25, 0.3) is 0 Å². The number of aromatic nitrogens is 1.